The molecule has 15 heavy (non-hydrogen) atoms. The van der Waals surface area contributed by atoms with E-state index in [1.165, 1.54) is 7.11 Å². The average Bonchev–Trinajstić information content (AvgIpc) is 2.28. The summed E-state index contributed by atoms with van der Waals surface area (Å²) in [6.07, 6.45) is 5.99. The van der Waals surface area contributed by atoms with Gasteiger partial charge in [0.05, 0.1) is 12.5 Å². The first kappa shape index (κ1) is 12.2. The number of hydrogen-bond donors (Lipinski definition) is 0. The second-order valence-electron chi connectivity index (χ2n) is 3.79. The fraction of sp³-hybridized carbons (Fsp3) is 0.636. The number of hydrogen-bond acceptors (Lipinski definition) is 3. The first-order valence-corrected chi connectivity index (χ1v) is 5.42. The summed E-state index contributed by atoms with van der Waals surface area (Å²) in [4.78, 5) is 22.1. The van der Waals surface area contributed by atoms with E-state index in [-0.39, 0.29) is 12.4 Å². The summed E-state index contributed by atoms with van der Waals surface area (Å²) in [5.41, 5.74) is -0.645. The van der Waals surface area contributed by atoms with Crippen molar-refractivity contribution in [1.82, 2.24) is 0 Å². The number of methoxy groups -OCH3 is 1. The molecule has 0 N–H and O–H groups in total. The van der Waals surface area contributed by atoms with Gasteiger partial charge in [0.15, 0.2) is 0 Å². The maximum Gasteiger partial charge on any atom is 0.305 e. The second kappa shape index (κ2) is 5.31. The van der Waals surface area contributed by atoms with E-state index in [0.29, 0.717) is 11.5 Å². The van der Waals surface area contributed by atoms with Crippen molar-refractivity contribution in [3.8, 4) is 0 Å². The number of rotatable bonds is 4. The van der Waals surface area contributed by atoms with Crippen LogP contribution < -0.4 is 0 Å². The lowest BCUT2D eigenvalue weighted by Gasteiger charge is -2.30. The number of halogens is 1. The zero-order chi connectivity index (χ0) is 11.3. The highest BCUT2D eigenvalue weighted by molar-refractivity contribution is 6.31. The molecule has 1 aliphatic carbocycles. The smallest absolute Gasteiger partial charge is 0.305 e. The first-order valence-electron chi connectivity index (χ1n) is 5.04. The minimum absolute atomic E-state index is 0.235. The van der Waals surface area contributed by atoms with Crippen molar-refractivity contribution in [2.24, 2.45) is 5.41 Å². The lowest BCUT2D eigenvalue weighted by atomic mass is 9.76. The van der Waals surface area contributed by atoms with E-state index in [2.05, 4.69) is 4.74 Å². The number of aldehydes is 1. The SMILES string of the molecule is COC(=O)CCC1(C=O)CCCC=C1Cl. The van der Waals surface area contributed by atoms with Gasteiger partial charge in [-0.05, 0) is 25.7 Å². The van der Waals surface area contributed by atoms with Gasteiger partial charge < -0.3 is 9.53 Å². The third-order valence-corrected chi connectivity index (χ3v) is 3.39. The molecule has 0 saturated heterocycles. The number of ether oxygens (including phenoxy) is 1. The van der Waals surface area contributed by atoms with Gasteiger partial charge in [-0.25, -0.2) is 0 Å². The molecule has 1 aliphatic rings. The van der Waals surface area contributed by atoms with Gasteiger partial charge in [0, 0.05) is 11.5 Å². The Bertz CT molecular complexity index is 286. The van der Waals surface area contributed by atoms with E-state index in [0.717, 1.165) is 25.5 Å². The highest BCUT2D eigenvalue weighted by atomic mass is 35.5. The lowest BCUT2D eigenvalue weighted by molar-refractivity contribution is -0.141. The molecule has 0 aliphatic heterocycles. The number of esters is 1. The van der Waals surface area contributed by atoms with Gasteiger partial charge in [-0.2, -0.15) is 0 Å². The molecule has 0 saturated carbocycles. The van der Waals surface area contributed by atoms with Crippen molar-refractivity contribution in [3.05, 3.63) is 11.1 Å². The molecule has 0 spiro atoms. The number of carbonyl (C=O) groups excluding carboxylic acids is 2. The summed E-state index contributed by atoms with van der Waals surface area (Å²) in [7, 11) is 1.34. The molecule has 0 bridgehead atoms. The highest BCUT2D eigenvalue weighted by Crippen LogP contribution is 2.41. The van der Waals surface area contributed by atoms with Gasteiger partial charge >= 0.3 is 5.97 Å². The predicted octanol–water partition coefficient (Wildman–Crippen LogP) is 2.43. The molecule has 0 radical (unpaired) electrons. The summed E-state index contributed by atoms with van der Waals surface area (Å²) in [6.45, 7) is 0. The Hall–Kier alpha value is -0.830. The van der Waals surface area contributed by atoms with Crippen LogP contribution in [0.3, 0.4) is 0 Å². The van der Waals surface area contributed by atoms with Crippen molar-refractivity contribution in [2.45, 2.75) is 32.1 Å². The Morgan fingerprint density at radius 3 is 3.00 bits per heavy atom. The highest BCUT2D eigenvalue weighted by Gasteiger charge is 2.35. The minimum Gasteiger partial charge on any atom is -0.469 e. The summed E-state index contributed by atoms with van der Waals surface area (Å²) < 4.78 is 4.55. The van der Waals surface area contributed by atoms with Crippen LogP contribution in [0, 0.1) is 5.41 Å². The van der Waals surface area contributed by atoms with Crippen LogP contribution in [0.2, 0.25) is 0 Å². The molecule has 0 aromatic rings. The first-order chi connectivity index (χ1) is 7.14. The summed E-state index contributed by atoms with van der Waals surface area (Å²) in [5, 5.41) is 0.577. The summed E-state index contributed by atoms with van der Waals surface area (Å²) in [5.74, 6) is -0.300. The van der Waals surface area contributed by atoms with Crippen LogP contribution >= 0.6 is 11.6 Å². The molecule has 84 valence electrons. The molecule has 3 nitrogen and oxygen atoms in total. The topological polar surface area (TPSA) is 43.4 Å². The number of allylic oxidation sites excluding steroid dienone is 2. The van der Waals surface area contributed by atoms with E-state index >= 15 is 0 Å². The summed E-state index contributed by atoms with van der Waals surface area (Å²) in [6, 6.07) is 0. The van der Waals surface area contributed by atoms with Crippen molar-refractivity contribution < 1.29 is 14.3 Å². The monoisotopic (exact) mass is 230 g/mol. The molecule has 1 rings (SSSR count). The van der Waals surface area contributed by atoms with Crippen LogP contribution in [0.5, 0.6) is 0 Å². The number of carbonyl (C=O) groups is 2. The van der Waals surface area contributed by atoms with Crippen LogP contribution in [0.15, 0.2) is 11.1 Å². The zero-order valence-corrected chi connectivity index (χ0v) is 9.55. The van der Waals surface area contributed by atoms with Crippen molar-refractivity contribution in [1.29, 1.82) is 0 Å². The molecule has 0 aromatic heterocycles. The van der Waals surface area contributed by atoms with E-state index in [4.69, 9.17) is 11.6 Å². The largest absolute Gasteiger partial charge is 0.469 e. The van der Waals surface area contributed by atoms with Gasteiger partial charge in [-0.15, -0.1) is 0 Å². The van der Waals surface area contributed by atoms with E-state index in [1.54, 1.807) is 0 Å². The average molecular weight is 231 g/mol. The second-order valence-corrected chi connectivity index (χ2v) is 4.20. The van der Waals surface area contributed by atoms with Gasteiger partial charge in [0.2, 0.25) is 0 Å². The molecule has 1 unspecified atom stereocenters. The van der Waals surface area contributed by atoms with Crippen LogP contribution in [-0.2, 0) is 14.3 Å². The molecule has 0 fully saturated rings. The lowest BCUT2D eigenvalue weighted by Crippen LogP contribution is -2.26. The van der Waals surface area contributed by atoms with Gasteiger partial charge in [-0.3, -0.25) is 4.79 Å². The fourth-order valence-electron chi connectivity index (χ4n) is 1.81. The van der Waals surface area contributed by atoms with Crippen LogP contribution in [0.1, 0.15) is 32.1 Å². The Morgan fingerprint density at radius 1 is 1.73 bits per heavy atom. The molecule has 4 heteroatoms. The molecular weight excluding hydrogens is 216 g/mol. The fourth-order valence-corrected chi connectivity index (χ4v) is 2.16. The Balaban J connectivity index is 2.68. The van der Waals surface area contributed by atoms with Gasteiger partial charge in [0.25, 0.3) is 0 Å². The van der Waals surface area contributed by atoms with Crippen LogP contribution in [0.25, 0.3) is 0 Å². The van der Waals surface area contributed by atoms with Gasteiger partial charge in [0.1, 0.15) is 6.29 Å². The minimum atomic E-state index is -0.645. The maximum atomic E-state index is 11.1. The predicted molar refractivity (Wildman–Crippen MR) is 57.5 cm³/mol. The van der Waals surface area contributed by atoms with E-state index in [9.17, 15) is 9.59 Å². The Morgan fingerprint density at radius 2 is 2.47 bits per heavy atom. The van der Waals surface area contributed by atoms with Crippen molar-refractivity contribution in [2.75, 3.05) is 7.11 Å². The summed E-state index contributed by atoms with van der Waals surface area (Å²) >= 11 is 6.04. The zero-order valence-electron chi connectivity index (χ0n) is 8.79. The third-order valence-electron chi connectivity index (χ3n) is 2.85. The van der Waals surface area contributed by atoms with Crippen LogP contribution in [-0.4, -0.2) is 19.4 Å². The van der Waals surface area contributed by atoms with Crippen LogP contribution in [0.4, 0.5) is 0 Å². The molecule has 1 atom stereocenters. The van der Waals surface area contributed by atoms with E-state index in [1.807, 2.05) is 6.08 Å². The van der Waals surface area contributed by atoms with Crippen molar-refractivity contribution >= 4 is 23.9 Å². The standard InChI is InChI=1S/C11H15ClO3/c1-15-10(14)5-7-11(8-13)6-3-2-4-9(11)12/h4,8H,2-3,5-7H2,1H3. The maximum absolute atomic E-state index is 11.1. The molecule has 0 amide bonds. The Kier molecular flexibility index (Phi) is 4.33. The van der Waals surface area contributed by atoms with Gasteiger partial charge in [-0.1, -0.05) is 17.7 Å². The third kappa shape index (κ3) is 2.81. The Labute approximate surface area is 94.4 Å². The quantitative estimate of drug-likeness (QED) is 0.550. The normalized spacial score (nSPS) is 25.6. The van der Waals surface area contributed by atoms with Crippen molar-refractivity contribution in [3.63, 3.8) is 0 Å². The molecular formula is C11H15ClO3. The molecule has 0 heterocycles. The van der Waals surface area contributed by atoms with E-state index < -0.39 is 5.41 Å². The molecule has 0 aromatic carbocycles.